The smallest absolute Gasteiger partial charge is 0.306 e. The molecule has 25 heavy (non-hydrogen) atoms. The van der Waals surface area contributed by atoms with Crippen LogP contribution in [0.2, 0.25) is 0 Å². The molecule has 0 spiro atoms. The molecule has 1 N–H and O–H groups in total. The van der Waals surface area contributed by atoms with Crippen molar-refractivity contribution >= 4 is 34.0 Å². The maximum absolute atomic E-state index is 13.3. The number of aromatic nitrogens is 2. The number of halogens is 1. The lowest BCUT2D eigenvalue weighted by Crippen LogP contribution is -2.20. The Kier molecular flexibility index (Phi) is 3.81. The number of carbonyl (C=O) groups excluding carboxylic acids is 1. The Balaban J connectivity index is 1.95. The molecule has 0 radical (unpaired) electrons. The topological polar surface area (TPSA) is 133 Å². The van der Waals surface area contributed by atoms with Crippen LogP contribution in [-0.2, 0) is 0 Å². The van der Waals surface area contributed by atoms with Crippen LogP contribution in [0.4, 0.5) is 26.2 Å². The van der Waals surface area contributed by atoms with Crippen molar-refractivity contribution in [3.8, 4) is 0 Å². The highest BCUT2D eigenvalue weighted by Crippen LogP contribution is 2.23. The largest absolute Gasteiger partial charge is 0.347 e. The molecular weight excluding hydrogens is 337 g/mol. The number of fused-ring (bicyclic) bond motifs is 1. The highest BCUT2D eigenvalue weighted by molar-refractivity contribution is 5.97. The van der Waals surface area contributed by atoms with E-state index in [1.54, 1.807) is 0 Å². The monoisotopic (exact) mass is 345 g/mol. The second-order valence-corrected chi connectivity index (χ2v) is 4.91. The van der Waals surface area contributed by atoms with Crippen molar-refractivity contribution in [2.75, 3.05) is 5.32 Å². The molecule has 0 aliphatic carbocycles. The van der Waals surface area contributed by atoms with Crippen molar-refractivity contribution < 1.29 is 19.0 Å². The first-order chi connectivity index (χ1) is 11.9. The average Bonchev–Trinajstić information content (AvgIpc) is 2.99. The SMILES string of the molecule is O=C(Nc1ccc(F)c([N+](=O)[O-])c1)n1ncc2ccc([N+](=O)[O-])cc21. The van der Waals surface area contributed by atoms with Crippen LogP contribution in [0, 0.1) is 26.0 Å². The van der Waals surface area contributed by atoms with Gasteiger partial charge in [-0.05, 0) is 18.2 Å². The van der Waals surface area contributed by atoms with Gasteiger partial charge in [0.25, 0.3) is 5.69 Å². The van der Waals surface area contributed by atoms with E-state index in [9.17, 15) is 29.4 Å². The van der Waals surface area contributed by atoms with Crippen LogP contribution in [0.15, 0.2) is 42.6 Å². The number of carbonyl (C=O) groups is 1. The molecule has 10 nitrogen and oxygen atoms in total. The van der Waals surface area contributed by atoms with Gasteiger partial charge in [0.15, 0.2) is 0 Å². The van der Waals surface area contributed by atoms with Crippen molar-refractivity contribution in [3.63, 3.8) is 0 Å². The van der Waals surface area contributed by atoms with Gasteiger partial charge in [-0.3, -0.25) is 20.2 Å². The summed E-state index contributed by atoms with van der Waals surface area (Å²) in [6.45, 7) is 0. The standard InChI is InChI=1S/C14H8FN5O5/c15-11-4-2-9(5-13(11)20(24)25)17-14(21)18-12-6-10(19(22)23)3-1-8(12)7-16-18/h1-7H,(H,17,21). The Morgan fingerprint density at radius 2 is 1.88 bits per heavy atom. The van der Waals surface area contributed by atoms with E-state index < -0.39 is 27.4 Å². The first kappa shape index (κ1) is 16.0. The van der Waals surface area contributed by atoms with Gasteiger partial charge in [0.05, 0.1) is 21.6 Å². The first-order valence-corrected chi connectivity index (χ1v) is 6.74. The number of hydrogen-bond donors (Lipinski definition) is 1. The number of nitro groups is 2. The number of nitrogens with zero attached hydrogens (tertiary/aromatic N) is 4. The minimum absolute atomic E-state index is 0.0211. The van der Waals surface area contributed by atoms with Gasteiger partial charge in [-0.15, -0.1) is 0 Å². The molecule has 0 saturated carbocycles. The lowest BCUT2D eigenvalue weighted by Gasteiger charge is -2.06. The number of nitro benzene ring substituents is 2. The van der Waals surface area contributed by atoms with E-state index in [-0.39, 0.29) is 16.9 Å². The summed E-state index contributed by atoms with van der Waals surface area (Å²) in [5.74, 6) is -1.04. The van der Waals surface area contributed by atoms with E-state index in [4.69, 9.17) is 0 Å². The molecule has 2 aromatic carbocycles. The van der Waals surface area contributed by atoms with E-state index in [1.807, 2.05) is 0 Å². The van der Waals surface area contributed by atoms with Gasteiger partial charge in [0, 0.05) is 29.3 Å². The predicted molar refractivity (Wildman–Crippen MR) is 83.9 cm³/mol. The molecule has 126 valence electrons. The maximum Gasteiger partial charge on any atom is 0.347 e. The lowest BCUT2D eigenvalue weighted by atomic mass is 10.2. The molecule has 0 unspecified atom stereocenters. The summed E-state index contributed by atoms with van der Waals surface area (Å²) in [5.41, 5.74) is -0.853. The fourth-order valence-corrected chi connectivity index (χ4v) is 2.19. The van der Waals surface area contributed by atoms with Gasteiger partial charge >= 0.3 is 11.7 Å². The third-order valence-corrected chi connectivity index (χ3v) is 3.35. The number of anilines is 1. The summed E-state index contributed by atoms with van der Waals surface area (Å²) in [5, 5.41) is 28.2. The first-order valence-electron chi connectivity index (χ1n) is 6.74. The molecule has 0 fully saturated rings. The summed E-state index contributed by atoms with van der Waals surface area (Å²) >= 11 is 0. The molecular formula is C14H8FN5O5. The van der Waals surface area contributed by atoms with Crippen LogP contribution in [0.3, 0.4) is 0 Å². The van der Waals surface area contributed by atoms with Crippen molar-refractivity contribution in [3.05, 3.63) is 68.6 Å². The predicted octanol–water partition coefficient (Wildman–Crippen LogP) is 3.07. The molecule has 1 amide bonds. The van der Waals surface area contributed by atoms with Crippen LogP contribution in [0.1, 0.15) is 0 Å². The number of non-ortho nitro benzene ring substituents is 1. The molecule has 1 heterocycles. The molecule has 0 aliphatic heterocycles. The Hall–Kier alpha value is -3.89. The fourth-order valence-electron chi connectivity index (χ4n) is 2.19. The summed E-state index contributed by atoms with van der Waals surface area (Å²) in [7, 11) is 0. The molecule has 1 aromatic heterocycles. The summed E-state index contributed by atoms with van der Waals surface area (Å²) in [6.07, 6.45) is 1.34. The highest BCUT2D eigenvalue weighted by atomic mass is 19.1. The van der Waals surface area contributed by atoms with Crippen LogP contribution in [-0.4, -0.2) is 25.7 Å². The highest BCUT2D eigenvalue weighted by Gasteiger charge is 2.18. The number of amides is 1. The van der Waals surface area contributed by atoms with Crippen molar-refractivity contribution in [2.24, 2.45) is 0 Å². The molecule has 11 heteroatoms. The molecule has 0 atom stereocenters. The quantitative estimate of drug-likeness (QED) is 0.573. The van der Waals surface area contributed by atoms with Gasteiger partial charge in [-0.1, -0.05) is 0 Å². The molecule has 0 bridgehead atoms. The van der Waals surface area contributed by atoms with Gasteiger partial charge in [0.2, 0.25) is 5.82 Å². The zero-order valence-corrected chi connectivity index (χ0v) is 12.2. The number of hydrogen-bond acceptors (Lipinski definition) is 6. The zero-order valence-electron chi connectivity index (χ0n) is 12.2. The van der Waals surface area contributed by atoms with E-state index in [2.05, 4.69) is 10.4 Å². The van der Waals surface area contributed by atoms with Crippen LogP contribution < -0.4 is 5.32 Å². The van der Waals surface area contributed by atoms with Gasteiger partial charge in [0.1, 0.15) is 0 Å². The second kappa shape index (κ2) is 5.96. The van der Waals surface area contributed by atoms with Gasteiger partial charge in [-0.2, -0.15) is 14.2 Å². The Labute approximate surface area is 137 Å². The molecule has 0 saturated heterocycles. The van der Waals surface area contributed by atoms with E-state index in [1.165, 1.54) is 24.4 Å². The van der Waals surface area contributed by atoms with Crippen LogP contribution >= 0.6 is 0 Å². The number of benzene rings is 2. The normalized spacial score (nSPS) is 10.6. The van der Waals surface area contributed by atoms with Gasteiger partial charge < -0.3 is 5.32 Å². The Morgan fingerprint density at radius 3 is 2.56 bits per heavy atom. The van der Waals surface area contributed by atoms with E-state index >= 15 is 0 Å². The summed E-state index contributed by atoms with van der Waals surface area (Å²) < 4.78 is 14.2. The summed E-state index contributed by atoms with van der Waals surface area (Å²) in [4.78, 5) is 32.3. The van der Waals surface area contributed by atoms with E-state index in [0.717, 1.165) is 22.9 Å². The number of rotatable bonds is 3. The zero-order chi connectivity index (χ0) is 18.1. The minimum atomic E-state index is -1.04. The summed E-state index contributed by atoms with van der Waals surface area (Å²) in [6, 6.07) is 5.93. The third kappa shape index (κ3) is 2.97. The van der Waals surface area contributed by atoms with Crippen molar-refractivity contribution in [2.45, 2.75) is 0 Å². The van der Waals surface area contributed by atoms with E-state index in [0.29, 0.717) is 5.39 Å². The Morgan fingerprint density at radius 1 is 1.12 bits per heavy atom. The van der Waals surface area contributed by atoms with Gasteiger partial charge in [-0.25, -0.2) is 4.79 Å². The van der Waals surface area contributed by atoms with Crippen molar-refractivity contribution in [1.82, 2.24) is 9.78 Å². The molecule has 3 aromatic rings. The molecule has 0 aliphatic rings. The number of nitrogens with one attached hydrogen (secondary N) is 1. The second-order valence-electron chi connectivity index (χ2n) is 4.91. The van der Waals surface area contributed by atoms with Crippen LogP contribution in [0.5, 0.6) is 0 Å². The third-order valence-electron chi connectivity index (χ3n) is 3.35. The lowest BCUT2D eigenvalue weighted by molar-refractivity contribution is -0.387. The minimum Gasteiger partial charge on any atom is -0.306 e. The van der Waals surface area contributed by atoms with Crippen LogP contribution in [0.25, 0.3) is 10.9 Å². The van der Waals surface area contributed by atoms with Crippen molar-refractivity contribution in [1.29, 1.82) is 0 Å². The maximum atomic E-state index is 13.3. The molecule has 3 rings (SSSR count). The Bertz CT molecular complexity index is 1030. The fraction of sp³-hybridized carbons (Fsp3) is 0. The average molecular weight is 345 g/mol.